The Morgan fingerprint density at radius 3 is 2.53 bits per heavy atom. The number of benzene rings is 1. The van der Waals surface area contributed by atoms with Crippen molar-refractivity contribution < 1.29 is 9.90 Å². The van der Waals surface area contributed by atoms with E-state index in [1.165, 1.54) is 11.2 Å². The molecule has 0 unspecified atom stereocenters. The van der Waals surface area contributed by atoms with Gasteiger partial charge in [-0.15, -0.1) is 0 Å². The number of nitrogens with two attached hydrogens (primary N) is 1. The number of nitriles is 1. The van der Waals surface area contributed by atoms with E-state index in [4.69, 9.17) is 5.73 Å². The predicted molar refractivity (Wildman–Crippen MR) is 134 cm³/mol. The first-order valence-corrected chi connectivity index (χ1v) is 11.1. The molecule has 0 aliphatic rings. The zero-order valence-electron chi connectivity index (χ0n) is 20.1. The van der Waals surface area contributed by atoms with Gasteiger partial charge in [0.1, 0.15) is 29.4 Å². The van der Waals surface area contributed by atoms with Crippen LogP contribution in [0.25, 0.3) is 28.2 Å². The molecule has 0 fully saturated rings. The van der Waals surface area contributed by atoms with Gasteiger partial charge in [0.25, 0.3) is 5.91 Å². The Morgan fingerprint density at radius 1 is 1.21 bits per heavy atom. The molecule has 9 heteroatoms. The summed E-state index contributed by atoms with van der Waals surface area (Å²) in [5, 5.41) is 20.0. The number of hydrogen-bond acceptors (Lipinski definition) is 7. The van der Waals surface area contributed by atoms with Gasteiger partial charge in [0.2, 0.25) is 0 Å². The van der Waals surface area contributed by atoms with Gasteiger partial charge >= 0.3 is 0 Å². The molecule has 0 aliphatic carbocycles. The second-order valence-corrected chi connectivity index (χ2v) is 8.51. The molecule has 0 radical (unpaired) electrons. The van der Waals surface area contributed by atoms with Crippen LogP contribution in [0, 0.1) is 18.3 Å². The fourth-order valence-corrected chi connectivity index (χ4v) is 3.76. The zero-order chi connectivity index (χ0) is 24.8. The Bertz CT molecular complexity index is 1240. The molecule has 9 nitrogen and oxygen atoms in total. The molecule has 2 aromatic heterocycles. The number of anilines is 1. The maximum absolute atomic E-state index is 13.1. The van der Waals surface area contributed by atoms with Gasteiger partial charge < -0.3 is 25.2 Å². The van der Waals surface area contributed by atoms with Gasteiger partial charge in [0, 0.05) is 38.9 Å². The van der Waals surface area contributed by atoms with Crippen LogP contribution in [0.2, 0.25) is 0 Å². The maximum atomic E-state index is 13.1. The smallest absolute Gasteiger partial charge is 0.264 e. The monoisotopic (exact) mass is 461 g/mol. The zero-order valence-corrected chi connectivity index (χ0v) is 20.1. The Hall–Kier alpha value is -3.74. The second-order valence-electron chi connectivity index (χ2n) is 8.51. The van der Waals surface area contributed by atoms with Crippen molar-refractivity contribution in [3.05, 3.63) is 47.4 Å². The summed E-state index contributed by atoms with van der Waals surface area (Å²) in [7, 11) is 5.54. The summed E-state index contributed by atoms with van der Waals surface area (Å²) >= 11 is 0. The Labute approximate surface area is 199 Å². The SMILES string of the molecule is Cc1ccc(-c2c(/C=C(\C#N)C(=O)N(C)CCN(C)C)n(CCCO)c3ncnc(N)c23)cc1. The van der Waals surface area contributed by atoms with Crippen LogP contribution in [0.3, 0.4) is 0 Å². The number of nitrogens with zero attached hydrogens (tertiary/aromatic N) is 6. The number of fused-ring (bicyclic) bond motifs is 1. The molecule has 0 bridgehead atoms. The molecule has 1 aromatic carbocycles. The minimum absolute atomic E-state index is 0.00852. The number of nitrogen functional groups attached to an aromatic ring is 1. The van der Waals surface area contributed by atoms with Crippen molar-refractivity contribution in [3.8, 4) is 17.2 Å². The highest BCUT2D eigenvalue weighted by Crippen LogP contribution is 2.38. The van der Waals surface area contributed by atoms with E-state index in [1.807, 2.05) is 54.8 Å². The number of aliphatic hydroxyl groups is 1. The van der Waals surface area contributed by atoms with Crippen molar-refractivity contribution in [1.82, 2.24) is 24.3 Å². The highest BCUT2D eigenvalue weighted by Gasteiger charge is 2.23. The summed E-state index contributed by atoms with van der Waals surface area (Å²) in [5.74, 6) is -0.0527. The third-order valence-corrected chi connectivity index (χ3v) is 5.65. The minimum atomic E-state index is -0.364. The number of rotatable bonds is 9. The van der Waals surface area contributed by atoms with Crippen LogP contribution in [-0.2, 0) is 11.3 Å². The molecule has 0 atom stereocenters. The van der Waals surface area contributed by atoms with Crippen molar-refractivity contribution in [3.63, 3.8) is 0 Å². The van der Waals surface area contributed by atoms with Crippen LogP contribution in [0.5, 0.6) is 0 Å². The van der Waals surface area contributed by atoms with E-state index < -0.39 is 0 Å². The lowest BCUT2D eigenvalue weighted by Crippen LogP contribution is -2.34. The van der Waals surface area contributed by atoms with Crippen molar-refractivity contribution in [2.45, 2.75) is 19.9 Å². The van der Waals surface area contributed by atoms with Gasteiger partial charge in [-0.25, -0.2) is 9.97 Å². The maximum Gasteiger partial charge on any atom is 0.264 e. The van der Waals surface area contributed by atoms with Gasteiger partial charge in [-0.1, -0.05) is 29.8 Å². The molecule has 0 aliphatic heterocycles. The normalized spacial score (nSPS) is 11.7. The van der Waals surface area contributed by atoms with Crippen molar-refractivity contribution in [2.24, 2.45) is 0 Å². The quantitative estimate of drug-likeness (QED) is 0.370. The molecule has 3 N–H and O–H groups in total. The standard InChI is InChI=1S/C25H31N7O2/c1-17-6-8-18(9-7-17)21-20(14-19(15-26)25(34)31(4)12-11-30(2)3)32(10-5-13-33)24-22(21)23(27)28-16-29-24/h6-9,14,16,33H,5,10-13H2,1-4H3,(H2,27,28,29)/b19-14+. The Morgan fingerprint density at radius 2 is 1.91 bits per heavy atom. The van der Waals surface area contributed by atoms with Crippen molar-refractivity contribution in [1.29, 1.82) is 5.26 Å². The average Bonchev–Trinajstić information content (AvgIpc) is 3.13. The number of hydrogen-bond donors (Lipinski definition) is 2. The van der Waals surface area contributed by atoms with E-state index in [9.17, 15) is 15.2 Å². The minimum Gasteiger partial charge on any atom is -0.396 e. The number of carbonyl (C=O) groups is 1. The van der Waals surface area contributed by atoms with E-state index >= 15 is 0 Å². The van der Waals surface area contributed by atoms with Crippen molar-refractivity contribution in [2.75, 3.05) is 46.6 Å². The summed E-state index contributed by atoms with van der Waals surface area (Å²) in [6.45, 7) is 3.59. The van der Waals surface area contributed by atoms with E-state index in [1.54, 1.807) is 13.1 Å². The first kappa shape index (κ1) is 24.9. The summed E-state index contributed by atoms with van der Waals surface area (Å²) in [5.41, 5.74) is 10.3. The van der Waals surface area contributed by atoms with Crippen LogP contribution in [0.15, 0.2) is 36.2 Å². The molecule has 178 valence electrons. The number of amides is 1. The molecule has 3 rings (SSSR count). The molecule has 34 heavy (non-hydrogen) atoms. The molecular formula is C25H31N7O2. The predicted octanol–water partition coefficient (Wildman–Crippen LogP) is 2.30. The molecule has 1 amide bonds. The highest BCUT2D eigenvalue weighted by atomic mass is 16.3. The molecule has 2 heterocycles. The van der Waals surface area contributed by atoms with Crippen LogP contribution in [0.1, 0.15) is 17.7 Å². The molecule has 0 saturated carbocycles. The van der Waals surface area contributed by atoms with E-state index in [2.05, 4.69) is 16.0 Å². The number of aliphatic hydroxyl groups excluding tert-OH is 1. The Kier molecular flexibility index (Phi) is 7.99. The number of likely N-dealkylation sites (N-methyl/N-ethyl adjacent to an activating group) is 2. The fourth-order valence-electron chi connectivity index (χ4n) is 3.76. The van der Waals surface area contributed by atoms with Gasteiger partial charge in [-0.05, 0) is 39.1 Å². The van der Waals surface area contributed by atoms with Gasteiger partial charge in [-0.3, -0.25) is 4.79 Å². The summed E-state index contributed by atoms with van der Waals surface area (Å²) in [4.78, 5) is 25.3. The first-order valence-electron chi connectivity index (χ1n) is 11.1. The van der Waals surface area contributed by atoms with Gasteiger partial charge in [0.15, 0.2) is 0 Å². The van der Waals surface area contributed by atoms with Crippen LogP contribution >= 0.6 is 0 Å². The van der Waals surface area contributed by atoms with Crippen LogP contribution in [-0.4, -0.2) is 76.2 Å². The summed E-state index contributed by atoms with van der Waals surface area (Å²) < 4.78 is 1.89. The number of aromatic nitrogens is 3. The van der Waals surface area contributed by atoms with Crippen LogP contribution < -0.4 is 5.73 Å². The Balaban J connectivity index is 2.26. The van der Waals surface area contributed by atoms with Crippen molar-refractivity contribution >= 4 is 28.8 Å². The second kappa shape index (κ2) is 10.9. The van der Waals surface area contributed by atoms with Gasteiger partial charge in [-0.2, -0.15) is 5.26 Å². The third kappa shape index (κ3) is 5.25. The summed E-state index contributed by atoms with van der Waals surface area (Å²) in [6.07, 6.45) is 3.47. The number of aryl methyl sites for hydroxylation is 2. The lowest BCUT2D eigenvalue weighted by molar-refractivity contribution is -0.125. The molecule has 0 spiro atoms. The molecule has 3 aromatic rings. The molecule has 0 saturated heterocycles. The van der Waals surface area contributed by atoms with E-state index in [0.717, 1.165) is 16.7 Å². The van der Waals surface area contributed by atoms with Crippen LogP contribution in [0.4, 0.5) is 5.82 Å². The topological polar surface area (TPSA) is 124 Å². The average molecular weight is 462 g/mol. The lowest BCUT2D eigenvalue weighted by atomic mass is 10.00. The highest BCUT2D eigenvalue weighted by molar-refractivity contribution is 6.08. The fraction of sp³-hybridized carbons (Fsp3) is 0.360. The lowest BCUT2D eigenvalue weighted by Gasteiger charge is -2.19. The molecular weight excluding hydrogens is 430 g/mol. The summed E-state index contributed by atoms with van der Waals surface area (Å²) in [6, 6.07) is 10.0. The number of carbonyl (C=O) groups excluding carboxylic acids is 1. The first-order chi connectivity index (χ1) is 16.3. The van der Waals surface area contributed by atoms with E-state index in [0.29, 0.717) is 48.6 Å². The third-order valence-electron chi connectivity index (χ3n) is 5.65. The largest absolute Gasteiger partial charge is 0.396 e. The van der Waals surface area contributed by atoms with E-state index in [-0.39, 0.29) is 18.1 Å². The van der Waals surface area contributed by atoms with Gasteiger partial charge in [0.05, 0.1) is 11.1 Å².